The van der Waals surface area contributed by atoms with E-state index in [4.69, 9.17) is 10.8 Å². The van der Waals surface area contributed by atoms with Crippen LogP contribution in [0, 0.1) is 0 Å². The number of carbonyl (C=O) groups is 1. The predicted octanol–water partition coefficient (Wildman–Crippen LogP) is -2.29. The third kappa shape index (κ3) is 12.0. The zero-order valence-electron chi connectivity index (χ0n) is 7.47. The van der Waals surface area contributed by atoms with Gasteiger partial charge in [0, 0.05) is 6.42 Å². The molecular weight excluding hydrogens is 204 g/mol. The first kappa shape index (κ1) is 13.8. The first-order valence-corrected chi connectivity index (χ1v) is 3.19. The molecule has 0 spiro atoms. The van der Waals surface area contributed by atoms with E-state index >= 15 is 0 Å². The molecule has 0 fully saturated rings. The van der Waals surface area contributed by atoms with Gasteiger partial charge in [0.2, 0.25) is 0 Å². The van der Waals surface area contributed by atoms with Crippen molar-refractivity contribution in [2.75, 3.05) is 6.54 Å². The van der Waals surface area contributed by atoms with Crippen molar-refractivity contribution >= 4 is 5.97 Å². The first-order chi connectivity index (χ1) is 4.27. The Kier molecular flexibility index (Phi) is 14.1. The number of carboxylic acids is 1. The van der Waals surface area contributed by atoms with Crippen molar-refractivity contribution in [2.45, 2.75) is 25.7 Å². The average Bonchev–Trinajstić information content (AvgIpc) is 1.80. The summed E-state index contributed by atoms with van der Waals surface area (Å²) in [5.74, 6) is -0.716. The smallest absolute Gasteiger partial charge is 1.00 e. The number of hydrogen-bond acceptors (Lipinski definition) is 2. The Labute approximate surface area is 112 Å². The van der Waals surface area contributed by atoms with Crippen molar-refractivity contribution in [2.24, 2.45) is 5.73 Å². The Morgan fingerprint density at radius 1 is 1.40 bits per heavy atom. The van der Waals surface area contributed by atoms with E-state index in [2.05, 4.69) is 0 Å². The molecule has 0 aliphatic heterocycles. The summed E-state index contributed by atoms with van der Waals surface area (Å²) < 4.78 is 0. The number of unbranched alkanes of at least 4 members (excludes halogenated alkanes) is 2. The minimum atomic E-state index is -0.716. The van der Waals surface area contributed by atoms with E-state index in [0.717, 1.165) is 19.3 Å². The molecule has 0 aromatic rings. The zero-order chi connectivity index (χ0) is 7.11. The van der Waals surface area contributed by atoms with Crippen molar-refractivity contribution < 1.29 is 69.5 Å². The molecule has 0 aromatic carbocycles. The van der Waals surface area contributed by atoms with Gasteiger partial charge in [-0.2, -0.15) is 0 Å². The van der Waals surface area contributed by atoms with Gasteiger partial charge in [-0.3, -0.25) is 4.79 Å². The van der Waals surface area contributed by atoms with Crippen LogP contribution >= 0.6 is 0 Å². The maximum atomic E-state index is 9.93. The van der Waals surface area contributed by atoms with Crippen LogP contribution < -0.4 is 63.9 Å². The summed E-state index contributed by atoms with van der Waals surface area (Å²) in [4.78, 5) is 9.93. The number of rotatable bonds is 5. The first-order valence-electron chi connectivity index (χ1n) is 3.19. The van der Waals surface area contributed by atoms with Gasteiger partial charge >= 0.3 is 64.2 Å². The van der Waals surface area contributed by atoms with E-state index in [-0.39, 0.29) is 66.0 Å². The molecule has 0 aliphatic rings. The number of carboxylic acid groups (broad SMARTS) is 1. The van der Waals surface area contributed by atoms with E-state index in [1.807, 2.05) is 0 Å². The summed E-state index contributed by atoms with van der Waals surface area (Å²) in [5.41, 5.74) is 5.20. The van der Waals surface area contributed by atoms with Crippen LogP contribution in [0.3, 0.4) is 0 Å². The van der Waals surface area contributed by atoms with Gasteiger partial charge in [0.25, 0.3) is 0 Å². The second kappa shape index (κ2) is 10.2. The van der Waals surface area contributed by atoms with Crippen molar-refractivity contribution in [1.29, 1.82) is 0 Å². The molecule has 0 saturated heterocycles. The summed E-state index contributed by atoms with van der Waals surface area (Å²) in [6, 6.07) is 0. The van der Waals surface area contributed by atoms with Crippen LogP contribution in [0.25, 0.3) is 0 Å². The molecule has 0 aliphatic carbocycles. The molecule has 0 heterocycles. The molecule has 3 nitrogen and oxygen atoms in total. The van der Waals surface area contributed by atoms with Gasteiger partial charge in [0.1, 0.15) is 0 Å². The van der Waals surface area contributed by atoms with E-state index in [0.29, 0.717) is 6.54 Å². The standard InChI is InChI=1S/C6H13NO2.Rb.H/c7-5-3-1-2-4-6(8)9;;/h1-5,7H2,(H,8,9);;/q;+1;-1. The SMILES string of the molecule is NCCCCCC(=O)O.[H-].[Rb+]. The van der Waals surface area contributed by atoms with Crippen molar-refractivity contribution in [3.05, 3.63) is 0 Å². The quantitative estimate of drug-likeness (QED) is 0.510. The topological polar surface area (TPSA) is 63.3 Å². The summed E-state index contributed by atoms with van der Waals surface area (Å²) in [5, 5.41) is 8.18. The predicted molar refractivity (Wildman–Crippen MR) is 36.3 cm³/mol. The van der Waals surface area contributed by atoms with Crippen LogP contribution in [-0.2, 0) is 4.79 Å². The van der Waals surface area contributed by atoms with E-state index in [1.165, 1.54) is 0 Å². The molecule has 0 aromatic heterocycles. The molecule has 0 unspecified atom stereocenters. The molecule has 0 amide bonds. The molecule has 3 N–H and O–H groups in total. The maximum absolute atomic E-state index is 9.93. The van der Waals surface area contributed by atoms with Crippen LogP contribution in [0.2, 0.25) is 0 Å². The van der Waals surface area contributed by atoms with Crippen LogP contribution in [0.15, 0.2) is 0 Å². The Bertz CT molecular complexity index is 92.7. The Hall–Kier alpha value is 1.24. The van der Waals surface area contributed by atoms with Gasteiger partial charge in [0.05, 0.1) is 0 Å². The third-order valence-electron chi connectivity index (χ3n) is 1.09. The van der Waals surface area contributed by atoms with Crippen molar-refractivity contribution in [3.63, 3.8) is 0 Å². The van der Waals surface area contributed by atoms with E-state index < -0.39 is 5.97 Å². The van der Waals surface area contributed by atoms with E-state index in [9.17, 15) is 4.79 Å². The number of aliphatic carboxylic acids is 1. The minimum Gasteiger partial charge on any atom is -1.00 e. The van der Waals surface area contributed by atoms with Crippen LogP contribution in [0.5, 0.6) is 0 Å². The fourth-order valence-electron chi connectivity index (χ4n) is 0.597. The fourth-order valence-corrected chi connectivity index (χ4v) is 0.597. The van der Waals surface area contributed by atoms with Gasteiger partial charge in [-0.1, -0.05) is 6.42 Å². The van der Waals surface area contributed by atoms with Gasteiger partial charge in [-0.05, 0) is 19.4 Å². The second-order valence-corrected chi connectivity index (χ2v) is 1.99. The second-order valence-electron chi connectivity index (χ2n) is 1.99. The van der Waals surface area contributed by atoms with Crippen LogP contribution in [0.4, 0.5) is 0 Å². The van der Waals surface area contributed by atoms with Crippen molar-refractivity contribution in [3.8, 4) is 0 Å². The summed E-state index contributed by atoms with van der Waals surface area (Å²) in [7, 11) is 0. The zero-order valence-corrected chi connectivity index (χ0v) is 11.4. The van der Waals surface area contributed by atoms with Crippen LogP contribution in [0.1, 0.15) is 27.1 Å². The minimum absolute atomic E-state index is 0. The normalized spacial score (nSPS) is 8.50. The molecule has 56 valence electrons. The van der Waals surface area contributed by atoms with Gasteiger partial charge in [-0.25, -0.2) is 0 Å². The molecular formula is C6H14NO2Rb. The molecule has 0 atom stereocenters. The van der Waals surface area contributed by atoms with E-state index in [1.54, 1.807) is 0 Å². The molecule has 0 saturated carbocycles. The van der Waals surface area contributed by atoms with Gasteiger partial charge < -0.3 is 12.3 Å². The molecule has 0 rings (SSSR count). The maximum Gasteiger partial charge on any atom is 1.00 e. The summed E-state index contributed by atoms with van der Waals surface area (Å²) >= 11 is 0. The number of hydrogen-bond donors (Lipinski definition) is 2. The Morgan fingerprint density at radius 3 is 2.40 bits per heavy atom. The Morgan fingerprint density at radius 2 is 2.00 bits per heavy atom. The largest absolute Gasteiger partial charge is 1.00 e. The molecule has 0 bridgehead atoms. The summed E-state index contributed by atoms with van der Waals surface area (Å²) in [6.07, 6.45) is 2.91. The monoisotopic (exact) mass is 217 g/mol. The number of nitrogens with two attached hydrogens (primary N) is 1. The Balaban J connectivity index is -0.000000320. The summed E-state index contributed by atoms with van der Waals surface area (Å²) in [6.45, 7) is 0.666. The third-order valence-corrected chi connectivity index (χ3v) is 1.09. The van der Waals surface area contributed by atoms with Gasteiger partial charge in [-0.15, -0.1) is 0 Å². The fraction of sp³-hybridized carbons (Fsp3) is 0.833. The molecule has 0 radical (unpaired) electrons. The van der Waals surface area contributed by atoms with Crippen LogP contribution in [-0.4, -0.2) is 17.6 Å². The van der Waals surface area contributed by atoms with Crippen molar-refractivity contribution in [1.82, 2.24) is 0 Å². The molecule has 10 heavy (non-hydrogen) atoms. The molecule has 4 heteroatoms. The average molecular weight is 218 g/mol. The van der Waals surface area contributed by atoms with Gasteiger partial charge in [0.15, 0.2) is 0 Å².